The van der Waals surface area contributed by atoms with Crippen molar-refractivity contribution in [2.24, 2.45) is 0 Å². The minimum atomic E-state index is 0.123. The molecule has 0 unspecified atom stereocenters. The van der Waals surface area contributed by atoms with Gasteiger partial charge in [-0.15, -0.1) is 0 Å². The Kier molecular flexibility index (Phi) is 26.7. The Bertz CT molecular complexity index is 4980. The predicted octanol–water partition coefficient (Wildman–Crippen LogP) is 26.1. The molecule has 18 aromatic rings. The number of pyridine rings is 8. The maximum Gasteiger partial charge on any atom is 0.136 e. The van der Waals surface area contributed by atoms with Crippen molar-refractivity contribution in [1.29, 1.82) is 0 Å². The van der Waals surface area contributed by atoms with Gasteiger partial charge >= 0.3 is 0 Å². The molecule has 0 saturated carbocycles. The lowest BCUT2D eigenvalue weighted by Crippen LogP contribution is -2.14. The number of aromatic nitrogens is 14. The second kappa shape index (κ2) is 35.5. The molecule has 18 rings (SSSR count). The van der Waals surface area contributed by atoms with E-state index < -0.39 is 0 Å². The summed E-state index contributed by atoms with van der Waals surface area (Å²) >= 11 is 0. The first-order valence-electron chi connectivity index (χ1n) is 41.1. The zero-order valence-electron chi connectivity index (χ0n) is 75.1. The fourth-order valence-corrected chi connectivity index (χ4v) is 12.8. The van der Waals surface area contributed by atoms with E-state index in [0.29, 0.717) is 0 Å². The summed E-state index contributed by atoms with van der Waals surface area (Å²) < 4.78 is 18.4. The Morgan fingerprint density at radius 1 is 0.197 bits per heavy atom. The Morgan fingerprint density at radius 3 is 1.02 bits per heavy atom. The third-order valence-corrected chi connectivity index (χ3v) is 20.8. The molecule has 14 nitrogen and oxygen atoms in total. The standard InChI is InChI=1S/4C12H15N.5C11H14N2/c2*1-12(2,3)10-6-7-11-5-4-8-13(11)9-10;2*1-12(2,3)10-6-8-13-7-4-5-11(13)9-10;1-11(2,3)9-5-7-13-10(8-9)4-6-12-13;1-11(2,3)9-4-6-13-7-5-12-10(13)8-9;1-11(2,3)9-4-5-10-12-6-7-13(10)8-9;1-11(2,3)9-4-5-10-6-7-12-13(10)8-9;1-11(2,3)10-7-6-9-5-4-8-13(9)12-10/h4*4-9H,1-3H3;5*4-8H,1-3H3. The number of fused-ring (bicyclic) bond motifs is 9. The van der Waals surface area contributed by atoms with Crippen LogP contribution in [0.25, 0.3) is 49.9 Å². The highest BCUT2D eigenvalue weighted by Gasteiger charge is 2.21. The van der Waals surface area contributed by atoms with Gasteiger partial charge < -0.3 is 26.4 Å². The molecule has 0 spiro atoms. The maximum absolute atomic E-state index is 4.52. The zero-order valence-corrected chi connectivity index (χ0v) is 75.1. The van der Waals surface area contributed by atoms with Gasteiger partial charge in [0.2, 0.25) is 0 Å². The van der Waals surface area contributed by atoms with E-state index in [2.05, 4.69) is 466 Å². The molecule has 14 heteroatoms. The molecule has 0 N–H and O–H groups in total. The molecule has 0 fully saturated rings. The summed E-state index contributed by atoms with van der Waals surface area (Å²) in [5.41, 5.74) is 24.4. The highest BCUT2D eigenvalue weighted by molar-refractivity contribution is 5.55. The highest BCUT2D eigenvalue weighted by Crippen LogP contribution is 2.30. The molecular weight excluding hydrogens is 1430 g/mol. The number of rotatable bonds is 0. The molecule has 0 bridgehead atoms. The van der Waals surface area contributed by atoms with Gasteiger partial charge in [0.05, 0.1) is 22.2 Å². The van der Waals surface area contributed by atoms with Crippen molar-refractivity contribution in [3.8, 4) is 0 Å². The van der Waals surface area contributed by atoms with E-state index in [1.165, 1.54) is 66.6 Å². The van der Waals surface area contributed by atoms with Crippen LogP contribution in [0.5, 0.6) is 0 Å². The van der Waals surface area contributed by atoms with Crippen LogP contribution >= 0.6 is 0 Å². The van der Waals surface area contributed by atoms with Crippen molar-refractivity contribution < 1.29 is 0 Å². The fourth-order valence-electron chi connectivity index (χ4n) is 12.8. The van der Waals surface area contributed by atoms with Gasteiger partial charge in [-0.1, -0.05) is 211 Å². The second-order valence-electron chi connectivity index (χ2n) is 39.8. The number of nitrogens with zero attached hydrogens (tertiary/aromatic N) is 14. The Hall–Kier alpha value is -11.5. The van der Waals surface area contributed by atoms with Gasteiger partial charge in [0, 0.05) is 145 Å². The van der Waals surface area contributed by atoms with Crippen LogP contribution in [0.15, 0.2) is 300 Å². The van der Waals surface area contributed by atoms with Gasteiger partial charge in [-0.3, -0.25) is 0 Å². The molecular formula is C103H130N14. The molecule has 117 heavy (non-hydrogen) atoms. The molecule has 0 radical (unpaired) electrons. The average molecular weight is 1560 g/mol. The molecule has 612 valence electrons. The second-order valence-corrected chi connectivity index (χ2v) is 39.8. The molecule has 18 heterocycles. The van der Waals surface area contributed by atoms with Crippen molar-refractivity contribution in [3.63, 3.8) is 0 Å². The van der Waals surface area contributed by atoms with Crippen LogP contribution in [0.3, 0.4) is 0 Å². The Morgan fingerprint density at radius 2 is 0.538 bits per heavy atom. The van der Waals surface area contributed by atoms with Crippen LogP contribution in [0, 0.1) is 0 Å². The first-order chi connectivity index (χ1) is 54.6. The van der Waals surface area contributed by atoms with E-state index in [-0.39, 0.29) is 48.7 Å². The van der Waals surface area contributed by atoms with Gasteiger partial charge in [0.1, 0.15) is 11.3 Å². The number of hydrogen-bond donors (Lipinski definition) is 0. The van der Waals surface area contributed by atoms with Crippen LogP contribution in [0.1, 0.15) is 237 Å². The van der Waals surface area contributed by atoms with Crippen molar-refractivity contribution in [3.05, 3.63) is 350 Å². The molecule has 18 aromatic heterocycles. The molecule has 0 aromatic carbocycles. The number of imidazole rings is 2. The lowest BCUT2D eigenvalue weighted by atomic mass is 9.87. The van der Waals surface area contributed by atoms with Crippen LogP contribution < -0.4 is 0 Å². The van der Waals surface area contributed by atoms with E-state index >= 15 is 0 Å². The summed E-state index contributed by atoms with van der Waals surface area (Å²) in [6.45, 7) is 59.9. The first-order valence-corrected chi connectivity index (χ1v) is 41.1. The van der Waals surface area contributed by atoms with Crippen molar-refractivity contribution >= 4 is 49.9 Å². The average Bonchev–Trinajstić information content (AvgIpc) is 1.83. The van der Waals surface area contributed by atoms with E-state index in [0.717, 1.165) is 33.5 Å². The summed E-state index contributed by atoms with van der Waals surface area (Å²) in [4.78, 5) is 8.46. The lowest BCUT2D eigenvalue weighted by Gasteiger charge is -2.18. The van der Waals surface area contributed by atoms with Crippen molar-refractivity contribution in [2.45, 2.75) is 236 Å². The smallest absolute Gasteiger partial charge is 0.136 e. The summed E-state index contributed by atoms with van der Waals surface area (Å²) in [5, 5.41) is 12.9. The summed E-state index contributed by atoms with van der Waals surface area (Å²) in [6, 6.07) is 63.8. The molecule has 0 aliphatic carbocycles. The van der Waals surface area contributed by atoms with E-state index in [1.54, 1.807) is 0 Å². The van der Waals surface area contributed by atoms with Gasteiger partial charge in [-0.05, 0) is 246 Å². The predicted molar refractivity (Wildman–Crippen MR) is 494 cm³/mol. The normalized spacial score (nSPS) is 12.2. The quantitative estimate of drug-likeness (QED) is 0.150. The van der Waals surface area contributed by atoms with Gasteiger partial charge in [0.25, 0.3) is 0 Å². The third kappa shape index (κ3) is 24.1. The van der Waals surface area contributed by atoms with Gasteiger partial charge in [-0.25, -0.2) is 23.5 Å². The number of hydrogen-bond acceptors (Lipinski definition) is 5. The van der Waals surface area contributed by atoms with Crippen LogP contribution in [-0.2, 0) is 48.7 Å². The van der Waals surface area contributed by atoms with E-state index in [9.17, 15) is 0 Å². The minimum Gasteiger partial charge on any atom is -0.324 e. The summed E-state index contributed by atoms with van der Waals surface area (Å²) in [6.07, 6.45) is 38.5. The van der Waals surface area contributed by atoms with Crippen molar-refractivity contribution in [2.75, 3.05) is 0 Å². The van der Waals surface area contributed by atoms with Gasteiger partial charge in [0.15, 0.2) is 0 Å². The Balaban J connectivity index is 0.000000139. The lowest BCUT2D eigenvalue weighted by molar-refractivity contribution is 0.554. The fraction of sp³-hybridized carbons (Fsp3) is 0.350. The monoisotopic (exact) mass is 1560 g/mol. The van der Waals surface area contributed by atoms with E-state index in [1.807, 2.05) is 85.7 Å². The van der Waals surface area contributed by atoms with Gasteiger partial charge in [-0.2, -0.15) is 15.3 Å². The summed E-state index contributed by atoms with van der Waals surface area (Å²) in [5.74, 6) is 0. The molecule has 0 aliphatic rings. The molecule has 0 saturated heterocycles. The van der Waals surface area contributed by atoms with Crippen molar-refractivity contribution in [1.82, 2.24) is 65.2 Å². The third-order valence-electron chi connectivity index (χ3n) is 20.8. The van der Waals surface area contributed by atoms with Crippen LogP contribution in [-0.4, -0.2) is 65.2 Å². The Labute approximate surface area is 696 Å². The topological polar surface area (TPSA) is 104 Å². The highest BCUT2D eigenvalue weighted by atomic mass is 15.2. The molecule has 0 atom stereocenters. The van der Waals surface area contributed by atoms with Crippen LogP contribution in [0.4, 0.5) is 0 Å². The zero-order chi connectivity index (χ0) is 85.3. The molecule has 0 amide bonds. The molecule has 0 aliphatic heterocycles. The SMILES string of the molecule is CC(C)(C)c1ccc2cccn2c1.CC(C)(C)c1ccc2cccn2c1.CC(C)(C)c1ccc2cccn2n1.CC(C)(C)c1ccc2ccnn2c1.CC(C)(C)c1ccc2nccn2c1.CC(C)(C)c1ccn2cccc2c1.CC(C)(C)c1ccn2cccc2c1.CC(C)(C)c1ccn2ccnc2c1.CC(C)(C)c1ccn2nccc2c1. The maximum atomic E-state index is 4.52. The van der Waals surface area contributed by atoms with Crippen LogP contribution in [0.2, 0.25) is 0 Å². The minimum absolute atomic E-state index is 0.123. The summed E-state index contributed by atoms with van der Waals surface area (Å²) in [7, 11) is 0. The van der Waals surface area contributed by atoms with E-state index in [4.69, 9.17) is 0 Å². The largest absolute Gasteiger partial charge is 0.324 e. The first kappa shape index (κ1) is 87.9.